The van der Waals surface area contributed by atoms with Crippen LogP contribution in [0.3, 0.4) is 0 Å². The Hall–Kier alpha value is -0.650. The van der Waals surface area contributed by atoms with E-state index in [4.69, 9.17) is 9.72 Å². The first kappa shape index (κ1) is 15.3. The van der Waals surface area contributed by atoms with E-state index in [1.54, 1.807) is 0 Å². The molecule has 3 rings (SSSR count). The SMILES string of the molecule is Cc1nc(N2CCOC3CCCCC32)sc1CNC(C)C. The van der Waals surface area contributed by atoms with E-state index in [0.717, 1.165) is 19.7 Å². The Balaban J connectivity index is 1.74. The van der Waals surface area contributed by atoms with Gasteiger partial charge in [-0.05, 0) is 19.8 Å². The van der Waals surface area contributed by atoms with E-state index in [1.807, 2.05) is 11.3 Å². The van der Waals surface area contributed by atoms with Crippen LogP contribution < -0.4 is 10.2 Å². The summed E-state index contributed by atoms with van der Waals surface area (Å²) in [6, 6.07) is 1.06. The molecule has 1 saturated carbocycles. The molecule has 0 spiro atoms. The fourth-order valence-corrected chi connectivity index (χ4v) is 4.43. The molecule has 1 aromatic heterocycles. The molecule has 21 heavy (non-hydrogen) atoms. The average molecular weight is 309 g/mol. The Bertz CT molecular complexity index is 472. The van der Waals surface area contributed by atoms with Crippen LogP contribution in [0.2, 0.25) is 0 Å². The standard InChI is InChI=1S/C16H27N3OS/c1-11(2)17-10-15-12(3)18-16(21-15)19-8-9-20-14-7-5-4-6-13(14)19/h11,13-14,17H,4-10H2,1-3H3. The van der Waals surface area contributed by atoms with E-state index in [-0.39, 0.29) is 0 Å². The predicted molar refractivity (Wildman–Crippen MR) is 88.2 cm³/mol. The van der Waals surface area contributed by atoms with Gasteiger partial charge >= 0.3 is 0 Å². The van der Waals surface area contributed by atoms with Gasteiger partial charge < -0.3 is 15.0 Å². The van der Waals surface area contributed by atoms with Crippen LogP contribution in [-0.2, 0) is 11.3 Å². The second-order valence-electron chi connectivity index (χ2n) is 6.50. The molecule has 2 fully saturated rings. The molecule has 5 heteroatoms. The molecular formula is C16H27N3OS. The Morgan fingerprint density at radius 3 is 3.00 bits per heavy atom. The number of thiazole rings is 1. The normalized spacial score (nSPS) is 26.2. The van der Waals surface area contributed by atoms with Crippen molar-refractivity contribution in [3.05, 3.63) is 10.6 Å². The summed E-state index contributed by atoms with van der Waals surface area (Å²) >= 11 is 1.86. The first-order valence-corrected chi connectivity index (χ1v) is 9.04. The lowest BCUT2D eigenvalue weighted by Gasteiger charge is -2.43. The molecule has 118 valence electrons. The maximum atomic E-state index is 5.97. The number of morpholine rings is 1. The number of rotatable bonds is 4. The van der Waals surface area contributed by atoms with Crippen LogP contribution in [0.1, 0.15) is 50.1 Å². The van der Waals surface area contributed by atoms with E-state index in [0.29, 0.717) is 18.2 Å². The molecule has 0 aromatic carbocycles. The second kappa shape index (κ2) is 6.63. The van der Waals surface area contributed by atoms with Crippen LogP contribution in [-0.4, -0.2) is 36.3 Å². The lowest BCUT2D eigenvalue weighted by molar-refractivity contribution is -0.00869. The van der Waals surface area contributed by atoms with E-state index in [1.165, 1.54) is 41.4 Å². The number of aromatic nitrogens is 1. The lowest BCUT2D eigenvalue weighted by Crippen LogP contribution is -2.52. The summed E-state index contributed by atoms with van der Waals surface area (Å²) in [6.07, 6.45) is 5.53. The molecule has 2 unspecified atom stereocenters. The number of aryl methyl sites for hydroxylation is 1. The minimum atomic E-state index is 0.425. The highest BCUT2D eigenvalue weighted by molar-refractivity contribution is 7.15. The van der Waals surface area contributed by atoms with Crippen molar-refractivity contribution in [2.45, 2.75) is 71.2 Å². The summed E-state index contributed by atoms with van der Waals surface area (Å²) in [5.74, 6) is 0. The number of fused-ring (bicyclic) bond motifs is 1. The smallest absolute Gasteiger partial charge is 0.186 e. The Kier molecular flexibility index (Phi) is 4.82. The van der Waals surface area contributed by atoms with Gasteiger partial charge in [0.15, 0.2) is 5.13 Å². The van der Waals surface area contributed by atoms with Crippen LogP contribution in [0.25, 0.3) is 0 Å². The molecule has 1 aliphatic carbocycles. The summed E-state index contributed by atoms with van der Waals surface area (Å²) < 4.78 is 5.97. The number of ether oxygens (including phenoxy) is 1. The van der Waals surface area contributed by atoms with Crippen molar-refractivity contribution in [1.29, 1.82) is 0 Å². The van der Waals surface area contributed by atoms with Gasteiger partial charge in [0, 0.05) is 24.0 Å². The first-order chi connectivity index (χ1) is 10.1. The van der Waals surface area contributed by atoms with Gasteiger partial charge in [-0.2, -0.15) is 0 Å². The van der Waals surface area contributed by atoms with Gasteiger partial charge in [-0.15, -0.1) is 11.3 Å². The lowest BCUT2D eigenvalue weighted by atomic mass is 9.90. The zero-order chi connectivity index (χ0) is 14.8. The minimum Gasteiger partial charge on any atom is -0.374 e. The fourth-order valence-electron chi connectivity index (χ4n) is 3.33. The quantitative estimate of drug-likeness (QED) is 0.927. The monoisotopic (exact) mass is 309 g/mol. The van der Waals surface area contributed by atoms with Crippen LogP contribution >= 0.6 is 11.3 Å². The zero-order valence-electron chi connectivity index (χ0n) is 13.4. The van der Waals surface area contributed by atoms with Gasteiger partial charge in [0.05, 0.1) is 24.4 Å². The van der Waals surface area contributed by atoms with Crippen molar-refractivity contribution in [1.82, 2.24) is 10.3 Å². The highest BCUT2D eigenvalue weighted by Gasteiger charge is 2.35. The van der Waals surface area contributed by atoms with Crippen LogP contribution in [0.15, 0.2) is 0 Å². The molecule has 2 heterocycles. The van der Waals surface area contributed by atoms with E-state index >= 15 is 0 Å². The molecule has 2 aliphatic rings. The molecule has 4 nitrogen and oxygen atoms in total. The van der Waals surface area contributed by atoms with Gasteiger partial charge in [-0.1, -0.05) is 26.7 Å². The number of hydrogen-bond acceptors (Lipinski definition) is 5. The molecule has 1 aliphatic heterocycles. The zero-order valence-corrected chi connectivity index (χ0v) is 14.2. The molecule has 0 bridgehead atoms. The molecular weight excluding hydrogens is 282 g/mol. The van der Waals surface area contributed by atoms with Gasteiger partial charge in [0.2, 0.25) is 0 Å². The van der Waals surface area contributed by atoms with Crippen molar-refractivity contribution >= 4 is 16.5 Å². The van der Waals surface area contributed by atoms with Gasteiger partial charge in [-0.3, -0.25) is 0 Å². The summed E-state index contributed by atoms with van der Waals surface area (Å²) in [6.45, 7) is 9.28. The van der Waals surface area contributed by atoms with E-state index < -0.39 is 0 Å². The van der Waals surface area contributed by atoms with Crippen molar-refractivity contribution in [3.8, 4) is 0 Å². The van der Waals surface area contributed by atoms with Crippen molar-refractivity contribution < 1.29 is 4.74 Å². The molecule has 1 aromatic rings. The maximum absolute atomic E-state index is 5.97. The van der Waals surface area contributed by atoms with Gasteiger partial charge in [0.25, 0.3) is 0 Å². The van der Waals surface area contributed by atoms with Gasteiger partial charge in [0.1, 0.15) is 0 Å². The molecule has 1 saturated heterocycles. The average Bonchev–Trinajstić information content (AvgIpc) is 2.85. The first-order valence-electron chi connectivity index (χ1n) is 8.23. The van der Waals surface area contributed by atoms with Crippen LogP contribution in [0, 0.1) is 6.92 Å². The maximum Gasteiger partial charge on any atom is 0.186 e. The van der Waals surface area contributed by atoms with E-state index in [9.17, 15) is 0 Å². The third kappa shape index (κ3) is 3.41. The van der Waals surface area contributed by atoms with Crippen LogP contribution in [0.4, 0.5) is 5.13 Å². The largest absolute Gasteiger partial charge is 0.374 e. The van der Waals surface area contributed by atoms with E-state index in [2.05, 4.69) is 31.0 Å². The Labute approximate surface area is 131 Å². The molecule has 0 radical (unpaired) electrons. The third-order valence-corrected chi connectivity index (χ3v) is 5.72. The highest BCUT2D eigenvalue weighted by Crippen LogP contribution is 2.35. The van der Waals surface area contributed by atoms with Crippen molar-refractivity contribution in [2.75, 3.05) is 18.1 Å². The number of anilines is 1. The summed E-state index contributed by atoms with van der Waals surface area (Å²) in [5.41, 5.74) is 1.18. The van der Waals surface area contributed by atoms with Crippen molar-refractivity contribution in [3.63, 3.8) is 0 Å². The number of nitrogens with one attached hydrogen (secondary N) is 1. The Morgan fingerprint density at radius 1 is 1.38 bits per heavy atom. The fraction of sp³-hybridized carbons (Fsp3) is 0.812. The third-order valence-electron chi connectivity index (χ3n) is 4.53. The van der Waals surface area contributed by atoms with Crippen LogP contribution in [0.5, 0.6) is 0 Å². The topological polar surface area (TPSA) is 37.4 Å². The summed E-state index contributed by atoms with van der Waals surface area (Å²) in [4.78, 5) is 8.74. The number of hydrogen-bond donors (Lipinski definition) is 1. The molecule has 0 amide bonds. The summed E-state index contributed by atoms with van der Waals surface area (Å²) in [7, 11) is 0. The Morgan fingerprint density at radius 2 is 2.19 bits per heavy atom. The molecule has 1 N–H and O–H groups in total. The highest BCUT2D eigenvalue weighted by atomic mass is 32.1. The predicted octanol–water partition coefficient (Wildman–Crippen LogP) is 3.10. The minimum absolute atomic E-state index is 0.425. The summed E-state index contributed by atoms with van der Waals surface area (Å²) in [5, 5.41) is 4.70. The van der Waals surface area contributed by atoms with Gasteiger partial charge in [-0.25, -0.2) is 4.98 Å². The molecule has 2 atom stereocenters. The number of nitrogens with zero attached hydrogens (tertiary/aromatic N) is 2. The van der Waals surface area contributed by atoms with Crippen molar-refractivity contribution in [2.24, 2.45) is 0 Å². The second-order valence-corrected chi connectivity index (χ2v) is 7.56.